The average Bonchev–Trinajstić information content (AvgIpc) is 2.81. The lowest BCUT2D eigenvalue weighted by Crippen LogP contribution is -2.17. The topological polar surface area (TPSA) is 44.8 Å². The van der Waals surface area contributed by atoms with Crippen LogP contribution in [0.15, 0.2) is 55.1 Å². The number of unbranched alkanes of at least 4 members (excludes halogenated alkanes) is 2. The SMILES string of the molecule is C=CCOc1ccc(C(=O)/C=C/c2cc(OCCCC)c(C(C)(C)C)c(OCCCC)c2)cc1. The van der Waals surface area contributed by atoms with Crippen LogP contribution in [0.5, 0.6) is 17.2 Å². The van der Waals surface area contributed by atoms with Crippen molar-refractivity contribution in [3.8, 4) is 17.2 Å². The first-order valence-electron chi connectivity index (χ1n) is 12.3. The van der Waals surface area contributed by atoms with Gasteiger partial charge in [0.05, 0.1) is 13.2 Å². The molecule has 2 aromatic rings. The van der Waals surface area contributed by atoms with E-state index in [9.17, 15) is 4.79 Å². The zero-order chi connectivity index (χ0) is 25.0. The van der Waals surface area contributed by atoms with Crippen LogP contribution in [0.25, 0.3) is 6.08 Å². The van der Waals surface area contributed by atoms with E-state index < -0.39 is 0 Å². The maximum atomic E-state index is 12.8. The van der Waals surface area contributed by atoms with E-state index in [1.807, 2.05) is 18.2 Å². The Morgan fingerprint density at radius 3 is 1.94 bits per heavy atom. The van der Waals surface area contributed by atoms with Crippen molar-refractivity contribution in [1.29, 1.82) is 0 Å². The standard InChI is InChI=1S/C30H40O4/c1-7-10-19-33-27-21-23(22-28(34-20-11-8-2)29(27)30(4,5)6)12-17-26(31)24-13-15-25(16-14-24)32-18-9-3/h9,12-17,21-22H,3,7-8,10-11,18-20H2,1-2,4-6H3/b17-12+. The molecule has 0 amide bonds. The summed E-state index contributed by atoms with van der Waals surface area (Å²) in [6.45, 7) is 16.2. The average molecular weight is 465 g/mol. The van der Waals surface area contributed by atoms with E-state index in [0.29, 0.717) is 31.1 Å². The van der Waals surface area contributed by atoms with Gasteiger partial charge in [-0.1, -0.05) is 66.2 Å². The highest BCUT2D eigenvalue weighted by molar-refractivity contribution is 6.06. The Labute approximate surface area is 205 Å². The van der Waals surface area contributed by atoms with Crippen molar-refractivity contribution in [2.75, 3.05) is 19.8 Å². The molecule has 0 aliphatic rings. The summed E-state index contributed by atoms with van der Waals surface area (Å²) >= 11 is 0. The number of hydrogen-bond acceptors (Lipinski definition) is 4. The zero-order valence-corrected chi connectivity index (χ0v) is 21.5. The van der Waals surface area contributed by atoms with Gasteiger partial charge in [-0.25, -0.2) is 0 Å². The number of carbonyl (C=O) groups is 1. The summed E-state index contributed by atoms with van der Waals surface area (Å²) in [7, 11) is 0. The number of carbonyl (C=O) groups excluding carboxylic acids is 1. The molecule has 34 heavy (non-hydrogen) atoms. The number of hydrogen-bond donors (Lipinski definition) is 0. The van der Waals surface area contributed by atoms with Crippen LogP contribution in [0.3, 0.4) is 0 Å². The third-order valence-corrected chi connectivity index (χ3v) is 5.28. The fraction of sp³-hybridized carbons (Fsp3) is 0.433. The smallest absolute Gasteiger partial charge is 0.185 e. The minimum absolute atomic E-state index is 0.0722. The van der Waals surface area contributed by atoms with Crippen LogP contribution in [-0.4, -0.2) is 25.6 Å². The van der Waals surface area contributed by atoms with Crippen LogP contribution in [0.2, 0.25) is 0 Å². The molecule has 0 aromatic heterocycles. The molecule has 0 aliphatic heterocycles. The molecule has 0 atom stereocenters. The van der Waals surface area contributed by atoms with Crippen LogP contribution < -0.4 is 14.2 Å². The van der Waals surface area contributed by atoms with Crippen molar-refractivity contribution < 1.29 is 19.0 Å². The van der Waals surface area contributed by atoms with E-state index in [1.165, 1.54) is 0 Å². The highest BCUT2D eigenvalue weighted by Crippen LogP contribution is 2.40. The molecule has 2 rings (SSSR count). The summed E-state index contributed by atoms with van der Waals surface area (Å²) in [4.78, 5) is 12.8. The summed E-state index contributed by atoms with van der Waals surface area (Å²) < 4.78 is 17.9. The fourth-order valence-electron chi connectivity index (χ4n) is 3.46. The molecule has 0 saturated heterocycles. The summed E-state index contributed by atoms with van der Waals surface area (Å²) in [5.41, 5.74) is 2.41. The normalized spacial score (nSPS) is 11.4. The Bertz CT molecular complexity index is 918. The van der Waals surface area contributed by atoms with E-state index in [-0.39, 0.29) is 11.2 Å². The van der Waals surface area contributed by atoms with Gasteiger partial charge in [0.15, 0.2) is 5.78 Å². The molecule has 2 aromatic carbocycles. The molecular weight excluding hydrogens is 424 g/mol. The lowest BCUT2D eigenvalue weighted by molar-refractivity contribution is 0.104. The maximum Gasteiger partial charge on any atom is 0.185 e. The summed E-state index contributed by atoms with van der Waals surface area (Å²) in [6, 6.07) is 11.2. The van der Waals surface area contributed by atoms with Gasteiger partial charge in [0.1, 0.15) is 23.9 Å². The molecular formula is C30H40O4. The van der Waals surface area contributed by atoms with E-state index in [0.717, 1.165) is 48.3 Å². The van der Waals surface area contributed by atoms with E-state index in [4.69, 9.17) is 14.2 Å². The highest BCUT2D eigenvalue weighted by Gasteiger charge is 2.25. The third-order valence-electron chi connectivity index (χ3n) is 5.28. The molecule has 0 heterocycles. The quantitative estimate of drug-likeness (QED) is 0.124. The molecule has 4 heteroatoms. The molecule has 0 saturated carbocycles. The molecule has 0 aliphatic carbocycles. The van der Waals surface area contributed by atoms with E-state index >= 15 is 0 Å². The van der Waals surface area contributed by atoms with Gasteiger partial charge in [0, 0.05) is 11.1 Å². The summed E-state index contributed by atoms with van der Waals surface area (Å²) in [5.74, 6) is 2.29. The monoisotopic (exact) mass is 464 g/mol. The Hall–Kier alpha value is -3.01. The van der Waals surface area contributed by atoms with Crippen LogP contribution in [0.1, 0.15) is 81.8 Å². The highest BCUT2D eigenvalue weighted by atomic mass is 16.5. The minimum atomic E-state index is -0.142. The van der Waals surface area contributed by atoms with Crippen LogP contribution in [-0.2, 0) is 5.41 Å². The second kappa shape index (κ2) is 13.6. The van der Waals surface area contributed by atoms with Crippen molar-refractivity contribution in [2.45, 2.75) is 65.7 Å². The van der Waals surface area contributed by atoms with E-state index in [2.05, 4.69) is 41.2 Å². The molecule has 0 bridgehead atoms. The summed E-state index contributed by atoms with van der Waals surface area (Å²) in [5, 5.41) is 0. The summed E-state index contributed by atoms with van der Waals surface area (Å²) in [6.07, 6.45) is 9.22. The molecule has 4 nitrogen and oxygen atoms in total. The lowest BCUT2D eigenvalue weighted by Gasteiger charge is -2.26. The zero-order valence-electron chi connectivity index (χ0n) is 21.5. The predicted octanol–water partition coefficient (Wildman–Crippen LogP) is 7.80. The fourth-order valence-corrected chi connectivity index (χ4v) is 3.46. The van der Waals surface area contributed by atoms with Crippen molar-refractivity contribution in [3.63, 3.8) is 0 Å². The van der Waals surface area contributed by atoms with Gasteiger partial charge in [-0.15, -0.1) is 0 Å². The minimum Gasteiger partial charge on any atom is -0.493 e. The van der Waals surface area contributed by atoms with Crippen molar-refractivity contribution in [2.24, 2.45) is 0 Å². The van der Waals surface area contributed by atoms with Crippen LogP contribution >= 0.6 is 0 Å². The molecule has 0 spiro atoms. The van der Waals surface area contributed by atoms with Gasteiger partial charge in [-0.2, -0.15) is 0 Å². The Kier molecular flexibility index (Phi) is 10.9. The van der Waals surface area contributed by atoms with E-state index in [1.54, 1.807) is 36.4 Å². The van der Waals surface area contributed by atoms with Gasteiger partial charge in [0.2, 0.25) is 0 Å². The van der Waals surface area contributed by atoms with Crippen LogP contribution in [0, 0.1) is 0 Å². The molecule has 0 fully saturated rings. The third kappa shape index (κ3) is 8.40. The lowest BCUT2D eigenvalue weighted by atomic mass is 9.84. The molecule has 0 radical (unpaired) electrons. The maximum absolute atomic E-state index is 12.8. The predicted molar refractivity (Wildman–Crippen MR) is 141 cm³/mol. The number of benzene rings is 2. The van der Waals surface area contributed by atoms with Crippen LogP contribution in [0.4, 0.5) is 0 Å². The second-order valence-electron chi connectivity index (χ2n) is 9.37. The molecule has 0 N–H and O–H groups in total. The van der Waals surface area contributed by atoms with Gasteiger partial charge in [0.25, 0.3) is 0 Å². The van der Waals surface area contributed by atoms with Crippen molar-refractivity contribution in [3.05, 3.63) is 71.8 Å². The first-order valence-corrected chi connectivity index (χ1v) is 12.3. The first kappa shape index (κ1) is 27.2. The first-order chi connectivity index (χ1) is 16.3. The van der Waals surface area contributed by atoms with Gasteiger partial charge < -0.3 is 14.2 Å². The molecule has 0 unspecified atom stereocenters. The van der Waals surface area contributed by atoms with Gasteiger partial charge in [-0.05, 0) is 66.3 Å². The molecule has 184 valence electrons. The largest absolute Gasteiger partial charge is 0.493 e. The number of allylic oxidation sites excluding steroid dienone is 1. The Balaban J connectivity index is 2.33. The number of ether oxygens (including phenoxy) is 3. The Morgan fingerprint density at radius 1 is 0.912 bits per heavy atom. The van der Waals surface area contributed by atoms with Gasteiger partial charge >= 0.3 is 0 Å². The number of rotatable bonds is 14. The second-order valence-corrected chi connectivity index (χ2v) is 9.37. The van der Waals surface area contributed by atoms with Gasteiger partial charge in [-0.3, -0.25) is 4.79 Å². The van der Waals surface area contributed by atoms with Crippen molar-refractivity contribution in [1.82, 2.24) is 0 Å². The number of ketones is 1. The Morgan fingerprint density at radius 2 is 1.47 bits per heavy atom. The van der Waals surface area contributed by atoms with Crippen molar-refractivity contribution >= 4 is 11.9 Å².